The van der Waals surface area contributed by atoms with Crippen molar-refractivity contribution in [3.05, 3.63) is 130 Å². The normalized spacial score (nSPS) is 18.0. The second-order valence-corrected chi connectivity index (χ2v) is 9.86. The van der Waals surface area contributed by atoms with Crippen molar-refractivity contribution in [2.75, 3.05) is 0 Å². The van der Waals surface area contributed by atoms with E-state index in [2.05, 4.69) is 99.3 Å². The molecular formula is C33H34O. The SMILES string of the molecule is C=C1C2=C(C=C(c3ccccc3OCc3ccccc3)C1c1ccc(C(C)C)cc1)CCCC2. The summed E-state index contributed by atoms with van der Waals surface area (Å²) in [6.07, 6.45) is 7.26. The molecule has 1 heteroatoms. The number of benzene rings is 3. The van der Waals surface area contributed by atoms with Gasteiger partial charge in [0.15, 0.2) is 0 Å². The Balaban J connectivity index is 1.56. The van der Waals surface area contributed by atoms with Crippen molar-refractivity contribution >= 4 is 5.57 Å². The number of ether oxygens (including phenoxy) is 1. The van der Waals surface area contributed by atoms with Gasteiger partial charge in [-0.25, -0.2) is 0 Å². The summed E-state index contributed by atoms with van der Waals surface area (Å²) in [5.74, 6) is 1.62. The second-order valence-electron chi connectivity index (χ2n) is 9.86. The summed E-state index contributed by atoms with van der Waals surface area (Å²) in [5.41, 5.74) is 10.6. The molecule has 0 spiro atoms. The summed E-state index contributed by atoms with van der Waals surface area (Å²) in [6, 6.07) is 28.1. The first-order valence-corrected chi connectivity index (χ1v) is 12.6. The summed E-state index contributed by atoms with van der Waals surface area (Å²) in [5, 5.41) is 0. The summed E-state index contributed by atoms with van der Waals surface area (Å²) in [7, 11) is 0. The molecule has 1 atom stereocenters. The average molecular weight is 447 g/mol. The first kappa shape index (κ1) is 22.5. The van der Waals surface area contributed by atoms with Gasteiger partial charge in [0.1, 0.15) is 12.4 Å². The van der Waals surface area contributed by atoms with Gasteiger partial charge in [0.25, 0.3) is 0 Å². The number of rotatable bonds is 6. The predicted octanol–water partition coefficient (Wildman–Crippen LogP) is 9.00. The van der Waals surface area contributed by atoms with E-state index in [1.54, 1.807) is 0 Å². The van der Waals surface area contributed by atoms with Crippen molar-refractivity contribution < 1.29 is 4.74 Å². The Morgan fingerprint density at radius 3 is 2.32 bits per heavy atom. The van der Waals surface area contributed by atoms with Gasteiger partial charge in [0.2, 0.25) is 0 Å². The quantitative estimate of drug-likeness (QED) is 0.367. The molecule has 3 aromatic carbocycles. The minimum absolute atomic E-state index is 0.152. The van der Waals surface area contributed by atoms with Crippen LogP contribution in [-0.4, -0.2) is 0 Å². The molecule has 5 rings (SSSR count). The summed E-state index contributed by atoms with van der Waals surface area (Å²) >= 11 is 0. The predicted molar refractivity (Wildman–Crippen MR) is 143 cm³/mol. The van der Waals surface area contributed by atoms with Crippen LogP contribution < -0.4 is 4.74 Å². The summed E-state index contributed by atoms with van der Waals surface area (Å²) in [6.45, 7) is 9.74. The van der Waals surface area contributed by atoms with E-state index in [9.17, 15) is 0 Å². The average Bonchev–Trinajstić information content (AvgIpc) is 2.88. The fourth-order valence-electron chi connectivity index (χ4n) is 5.34. The van der Waals surface area contributed by atoms with E-state index in [1.165, 1.54) is 57.4 Å². The van der Waals surface area contributed by atoms with Crippen molar-refractivity contribution in [3.8, 4) is 5.75 Å². The van der Waals surface area contributed by atoms with Crippen LogP contribution in [0.5, 0.6) is 5.75 Å². The number of hydrogen-bond acceptors (Lipinski definition) is 1. The molecule has 0 amide bonds. The fraction of sp³-hybridized carbons (Fsp3) is 0.273. The summed E-state index contributed by atoms with van der Waals surface area (Å²) in [4.78, 5) is 0. The third-order valence-corrected chi connectivity index (χ3v) is 7.26. The molecule has 0 heterocycles. The van der Waals surface area contributed by atoms with E-state index >= 15 is 0 Å². The zero-order chi connectivity index (χ0) is 23.5. The van der Waals surface area contributed by atoms with E-state index < -0.39 is 0 Å². The van der Waals surface area contributed by atoms with Gasteiger partial charge in [-0.3, -0.25) is 0 Å². The molecule has 2 aliphatic carbocycles. The van der Waals surface area contributed by atoms with Gasteiger partial charge in [-0.1, -0.05) is 99.3 Å². The maximum atomic E-state index is 6.40. The highest BCUT2D eigenvalue weighted by Crippen LogP contribution is 2.50. The van der Waals surface area contributed by atoms with Crippen molar-refractivity contribution in [3.63, 3.8) is 0 Å². The van der Waals surface area contributed by atoms with Gasteiger partial charge in [-0.05, 0) is 76.7 Å². The van der Waals surface area contributed by atoms with Crippen LogP contribution >= 0.6 is 0 Å². The second kappa shape index (κ2) is 9.89. The van der Waals surface area contributed by atoms with Gasteiger partial charge in [-0.2, -0.15) is 0 Å². The molecule has 0 aromatic heterocycles. The zero-order valence-corrected chi connectivity index (χ0v) is 20.4. The van der Waals surface area contributed by atoms with Crippen molar-refractivity contribution in [1.82, 2.24) is 0 Å². The van der Waals surface area contributed by atoms with Crippen LogP contribution in [0.1, 0.15) is 73.6 Å². The molecule has 3 aromatic rings. The Morgan fingerprint density at radius 1 is 0.853 bits per heavy atom. The molecule has 0 N–H and O–H groups in total. The van der Waals surface area contributed by atoms with Crippen molar-refractivity contribution in [1.29, 1.82) is 0 Å². The molecule has 1 nitrogen and oxygen atoms in total. The minimum Gasteiger partial charge on any atom is -0.488 e. The van der Waals surface area contributed by atoms with Crippen LogP contribution in [-0.2, 0) is 6.61 Å². The third-order valence-electron chi connectivity index (χ3n) is 7.26. The Morgan fingerprint density at radius 2 is 1.56 bits per heavy atom. The van der Waals surface area contributed by atoms with Crippen LogP contribution in [0.3, 0.4) is 0 Å². The molecule has 0 aliphatic heterocycles. The molecular weight excluding hydrogens is 412 g/mol. The molecule has 2 aliphatic rings. The lowest BCUT2D eigenvalue weighted by Crippen LogP contribution is -2.16. The van der Waals surface area contributed by atoms with Gasteiger partial charge in [0, 0.05) is 11.5 Å². The Bertz CT molecular complexity index is 1230. The van der Waals surface area contributed by atoms with E-state index in [0.717, 1.165) is 18.6 Å². The van der Waals surface area contributed by atoms with Crippen molar-refractivity contribution in [2.45, 2.75) is 58.0 Å². The Hall–Kier alpha value is -3.32. The molecule has 1 unspecified atom stereocenters. The molecule has 172 valence electrons. The van der Waals surface area contributed by atoms with Gasteiger partial charge < -0.3 is 4.74 Å². The van der Waals surface area contributed by atoms with E-state index in [1.807, 2.05) is 6.07 Å². The number of hydrogen-bond donors (Lipinski definition) is 0. The van der Waals surface area contributed by atoms with E-state index in [4.69, 9.17) is 4.74 Å². The minimum atomic E-state index is 0.152. The van der Waals surface area contributed by atoms with Crippen LogP contribution in [0.2, 0.25) is 0 Å². The Labute approximate surface area is 204 Å². The lowest BCUT2D eigenvalue weighted by atomic mass is 9.70. The lowest BCUT2D eigenvalue weighted by molar-refractivity contribution is 0.305. The van der Waals surface area contributed by atoms with Gasteiger partial charge in [-0.15, -0.1) is 0 Å². The lowest BCUT2D eigenvalue weighted by Gasteiger charge is -2.34. The highest BCUT2D eigenvalue weighted by atomic mass is 16.5. The first-order valence-electron chi connectivity index (χ1n) is 12.6. The molecule has 0 bridgehead atoms. The first-order chi connectivity index (χ1) is 16.6. The largest absolute Gasteiger partial charge is 0.488 e. The van der Waals surface area contributed by atoms with Gasteiger partial charge >= 0.3 is 0 Å². The van der Waals surface area contributed by atoms with E-state index in [-0.39, 0.29) is 5.92 Å². The number of para-hydroxylation sites is 1. The third kappa shape index (κ3) is 4.53. The molecule has 0 saturated carbocycles. The van der Waals surface area contributed by atoms with Crippen molar-refractivity contribution in [2.24, 2.45) is 0 Å². The topological polar surface area (TPSA) is 9.23 Å². The molecule has 0 saturated heterocycles. The molecule has 0 radical (unpaired) electrons. The smallest absolute Gasteiger partial charge is 0.127 e. The standard InChI is InChI=1S/C33H34O/c1-23(2)26-17-19-27(20-18-26)33-24(3)29-14-8-7-13-28(29)21-31(33)30-15-9-10-16-32(30)34-22-25-11-5-4-6-12-25/h4-6,9-12,15-21,23,33H,3,7-8,13-14,22H2,1-2H3. The summed E-state index contributed by atoms with van der Waals surface area (Å²) < 4.78 is 6.40. The van der Waals surface area contributed by atoms with Gasteiger partial charge in [0.05, 0.1) is 0 Å². The van der Waals surface area contributed by atoms with Crippen LogP contribution in [0.15, 0.2) is 108 Å². The fourth-order valence-corrected chi connectivity index (χ4v) is 5.34. The monoisotopic (exact) mass is 446 g/mol. The molecule has 34 heavy (non-hydrogen) atoms. The van der Waals surface area contributed by atoms with E-state index in [0.29, 0.717) is 12.5 Å². The van der Waals surface area contributed by atoms with Crippen LogP contribution in [0.4, 0.5) is 0 Å². The van der Waals surface area contributed by atoms with Crippen LogP contribution in [0.25, 0.3) is 5.57 Å². The maximum Gasteiger partial charge on any atom is 0.127 e. The Kier molecular flexibility index (Phi) is 6.54. The van der Waals surface area contributed by atoms with Crippen LogP contribution in [0, 0.1) is 0 Å². The zero-order valence-electron chi connectivity index (χ0n) is 20.4. The maximum absolute atomic E-state index is 6.40. The highest BCUT2D eigenvalue weighted by Gasteiger charge is 2.31. The number of allylic oxidation sites excluding steroid dienone is 5. The highest BCUT2D eigenvalue weighted by molar-refractivity contribution is 5.83. The molecule has 0 fully saturated rings.